The lowest BCUT2D eigenvalue weighted by atomic mass is 9.89. The standard InChI is InChI=1S/C13H17FN2OS/c1-2-17-10-6-9(7-10)16-12-4-3-8(14)5-11(12)13(15)18/h3-5,9-10,16H,2,6-7H2,1H3,(H2,15,18). The SMILES string of the molecule is CCOC1CC(Nc2ccc(F)cc2C(N)=S)C1. The zero-order chi connectivity index (χ0) is 13.1. The molecule has 1 fully saturated rings. The predicted molar refractivity (Wildman–Crippen MR) is 74.3 cm³/mol. The third-order valence-electron chi connectivity index (χ3n) is 3.10. The Morgan fingerprint density at radius 2 is 2.28 bits per heavy atom. The Balaban J connectivity index is 2.00. The molecule has 0 spiro atoms. The number of halogens is 1. The zero-order valence-electron chi connectivity index (χ0n) is 10.3. The smallest absolute Gasteiger partial charge is 0.124 e. The normalized spacial score (nSPS) is 22.3. The highest BCUT2D eigenvalue weighted by Gasteiger charge is 2.29. The maximum absolute atomic E-state index is 13.1. The molecule has 5 heteroatoms. The van der Waals surface area contributed by atoms with E-state index in [1.54, 1.807) is 6.07 Å². The minimum Gasteiger partial charge on any atom is -0.389 e. The molecule has 0 unspecified atom stereocenters. The van der Waals surface area contributed by atoms with E-state index in [0.717, 1.165) is 25.1 Å². The molecule has 0 atom stereocenters. The first-order valence-corrected chi connectivity index (χ1v) is 6.48. The van der Waals surface area contributed by atoms with Gasteiger partial charge >= 0.3 is 0 Å². The molecule has 1 aliphatic rings. The third-order valence-corrected chi connectivity index (χ3v) is 3.32. The Morgan fingerprint density at radius 3 is 2.89 bits per heavy atom. The molecule has 18 heavy (non-hydrogen) atoms. The summed E-state index contributed by atoms with van der Waals surface area (Å²) < 4.78 is 18.6. The summed E-state index contributed by atoms with van der Waals surface area (Å²) in [5.74, 6) is -0.329. The molecule has 0 saturated heterocycles. The topological polar surface area (TPSA) is 47.3 Å². The van der Waals surface area contributed by atoms with Crippen LogP contribution < -0.4 is 11.1 Å². The van der Waals surface area contributed by atoms with E-state index in [1.165, 1.54) is 12.1 Å². The van der Waals surface area contributed by atoms with Crippen molar-refractivity contribution in [2.24, 2.45) is 5.73 Å². The van der Waals surface area contributed by atoms with Crippen LogP contribution in [-0.2, 0) is 4.74 Å². The van der Waals surface area contributed by atoms with Crippen molar-refractivity contribution in [2.45, 2.75) is 31.9 Å². The minimum absolute atomic E-state index is 0.206. The van der Waals surface area contributed by atoms with Gasteiger partial charge in [0.25, 0.3) is 0 Å². The fourth-order valence-electron chi connectivity index (χ4n) is 2.12. The Bertz CT molecular complexity index is 447. The van der Waals surface area contributed by atoms with Crippen molar-refractivity contribution in [3.8, 4) is 0 Å². The van der Waals surface area contributed by atoms with Crippen LogP contribution in [0.1, 0.15) is 25.3 Å². The number of nitrogens with one attached hydrogen (secondary N) is 1. The van der Waals surface area contributed by atoms with Gasteiger partial charge in [-0.05, 0) is 38.0 Å². The zero-order valence-corrected chi connectivity index (χ0v) is 11.1. The van der Waals surface area contributed by atoms with Gasteiger partial charge in [0.15, 0.2) is 0 Å². The molecule has 0 bridgehead atoms. The maximum atomic E-state index is 13.1. The largest absolute Gasteiger partial charge is 0.389 e. The van der Waals surface area contributed by atoms with Gasteiger partial charge in [-0.1, -0.05) is 12.2 Å². The summed E-state index contributed by atoms with van der Waals surface area (Å²) in [7, 11) is 0. The van der Waals surface area contributed by atoms with Gasteiger partial charge < -0.3 is 15.8 Å². The molecule has 1 saturated carbocycles. The van der Waals surface area contributed by atoms with Crippen molar-refractivity contribution in [1.29, 1.82) is 0 Å². The maximum Gasteiger partial charge on any atom is 0.124 e. The second-order valence-electron chi connectivity index (χ2n) is 4.44. The van der Waals surface area contributed by atoms with Gasteiger partial charge in [0.05, 0.1) is 6.10 Å². The predicted octanol–water partition coefficient (Wildman–Crippen LogP) is 2.44. The highest BCUT2D eigenvalue weighted by molar-refractivity contribution is 7.80. The minimum atomic E-state index is -0.329. The quantitative estimate of drug-likeness (QED) is 0.805. The first-order valence-electron chi connectivity index (χ1n) is 6.07. The van der Waals surface area contributed by atoms with Gasteiger partial charge in [-0.15, -0.1) is 0 Å². The molecule has 1 aliphatic carbocycles. The van der Waals surface area contributed by atoms with Gasteiger partial charge in [-0.3, -0.25) is 0 Å². The lowest BCUT2D eigenvalue weighted by Crippen LogP contribution is -2.41. The lowest BCUT2D eigenvalue weighted by Gasteiger charge is -2.36. The van der Waals surface area contributed by atoms with Crippen LogP contribution in [-0.4, -0.2) is 23.7 Å². The van der Waals surface area contributed by atoms with E-state index in [0.29, 0.717) is 17.7 Å². The van der Waals surface area contributed by atoms with Crippen molar-refractivity contribution in [3.63, 3.8) is 0 Å². The van der Waals surface area contributed by atoms with Crippen LogP contribution in [0.2, 0.25) is 0 Å². The number of nitrogens with two attached hydrogens (primary N) is 1. The molecular formula is C13H17FN2OS. The van der Waals surface area contributed by atoms with E-state index >= 15 is 0 Å². The van der Waals surface area contributed by atoms with Crippen molar-refractivity contribution in [3.05, 3.63) is 29.6 Å². The Kier molecular flexibility index (Phi) is 4.14. The van der Waals surface area contributed by atoms with Crippen LogP contribution in [0.15, 0.2) is 18.2 Å². The van der Waals surface area contributed by atoms with Gasteiger partial charge in [-0.25, -0.2) is 4.39 Å². The summed E-state index contributed by atoms with van der Waals surface area (Å²) in [6.07, 6.45) is 2.26. The van der Waals surface area contributed by atoms with Gasteiger partial charge in [0.1, 0.15) is 10.8 Å². The molecule has 0 heterocycles. The number of ether oxygens (including phenoxy) is 1. The van der Waals surface area contributed by atoms with Crippen LogP contribution in [0.25, 0.3) is 0 Å². The average Bonchev–Trinajstić information content (AvgIpc) is 2.28. The summed E-state index contributed by atoms with van der Waals surface area (Å²) >= 11 is 4.93. The summed E-state index contributed by atoms with van der Waals surface area (Å²) in [5, 5.41) is 3.33. The molecule has 2 rings (SSSR count). The molecule has 0 amide bonds. The van der Waals surface area contributed by atoms with Crippen molar-refractivity contribution in [1.82, 2.24) is 0 Å². The number of thiocarbonyl (C=S) groups is 1. The Labute approximate surface area is 112 Å². The highest BCUT2D eigenvalue weighted by atomic mass is 32.1. The van der Waals surface area contributed by atoms with E-state index in [2.05, 4.69) is 5.32 Å². The molecular weight excluding hydrogens is 251 g/mol. The molecule has 0 aliphatic heterocycles. The number of benzene rings is 1. The number of hydrogen-bond acceptors (Lipinski definition) is 3. The van der Waals surface area contributed by atoms with E-state index in [9.17, 15) is 4.39 Å². The summed E-state index contributed by atoms with van der Waals surface area (Å²) in [4.78, 5) is 0.206. The van der Waals surface area contributed by atoms with Gasteiger partial charge in [0.2, 0.25) is 0 Å². The van der Waals surface area contributed by atoms with Gasteiger partial charge in [0, 0.05) is 23.9 Å². The molecule has 0 radical (unpaired) electrons. The highest BCUT2D eigenvalue weighted by Crippen LogP contribution is 2.28. The number of hydrogen-bond donors (Lipinski definition) is 2. The summed E-state index contributed by atoms with van der Waals surface area (Å²) in [6.45, 7) is 2.73. The van der Waals surface area contributed by atoms with Crippen molar-refractivity contribution >= 4 is 22.9 Å². The van der Waals surface area contributed by atoms with Crippen LogP contribution in [0.3, 0.4) is 0 Å². The molecule has 3 N–H and O–H groups in total. The average molecular weight is 268 g/mol. The molecule has 1 aromatic carbocycles. The third kappa shape index (κ3) is 2.97. The van der Waals surface area contributed by atoms with E-state index in [4.69, 9.17) is 22.7 Å². The summed E-state index contributed by atoms with van der Waals surface area (Å²) in [5.41, 5.74) is 6.95. The van der Waals surface area contributed by atoms with Crippen LogP contribution in [0.5, 0.6) is 0 Å². The lowest BCUT2D eigenvalue weighted by molar-refractivity contribution is 0.00299. The van der Waals surface area contributed by atoms with Crippen LogP contribution in [0.4, 0.5) is 10.1 Å². The van der Waals surface area contributed by atoms with Crippen LogP contribution in [0, 0.1) is 5.82 Å². The fourth-order valence-corrected chi connectivity index (χ4v) is 2.29. The first-order chi connectivity index (χ1) is 8.60. The fraction of sp³-hybridized carbons (Fsp3) is 0.462. The molecule has 3 nitrogen and oxygen atoms in total. The first kappa shape index (κ1) is 13.2. The second kappa shape index (κ2) is 5.63. The second-order valence-corrected chi connectivity index (χ2v) is 4.88. The van der Waals surface area contributed by atoms with E-state index < -0.39 is 0 Å². The number of anilines is 1. The van der Waals surface area contributed by atoms with E-state index in [1.807, 2.05) is 6.92 Å². The van der Waals surface area contributed by atoms with Crippen LogP contribution >= 0.6 is 12.2 Å². The Morgan fingerprint density at radius 1 is 1.56 bits per heavy atom. The molecule has 1 aromatic rings. The van der Waals surface area contributed by atoms with E-state index in [-0.39, 0.29) is 10.8 Å². The summed E-state index contributed by atoms with van der Waals surface area (Å²) in [6, 6.07) is 4.80. The molecule has 98 valence electrons. The Hall–Kier alpha value is -1.20. The van der Waals surface area contributed by atoms with Gasteiger partial charge in [-0.2, -0.15) is 0 Å². The van der Waals surface area contributed by atoms with Crippen molar-refractivity contribution in [2.75, 3.05) is 11.9 Å². The number of rotatable bonds is 5. The van der Waals surface area contributed by atoms with Crippen molar-refractivity contribution < 1.29 is 9.13 Å². The molecule has 0 aromatic heterocycles. The monoisotopic (exact) mass is 268 g/mol.